The van der Waals surface area contributed by atoms with Gasteiger partial charge in [-0.25, -0.2) is 9.97 Å². The smallest absolute Gasteiger partial charge is 0.179 e. The van der Waals surface area contributed by atoms with E-state index in [0.717, 1.165) is 24.1 Å². The molecule has 0 amide bonds. The van der Waals surface area contributed by atoms with Crippen LogP contribution < -0.4 is 5.32 Å². The van der Waals surface area contributed by atoms with Crippen molar-refractivity contribution in [3.8, 4) is 0 Å². The Hall–Kier alpha value is -1.58. The largest absolute Gasteiger partial charge is 0.383 e. The minimum atomic E-state index is 0.795. The van der Waals surface area contributed by atoms with Gasteiger partial charge in [-0.1, -0.05) is 0 Å². The molecule has 4 heteroatoms. The number of hydrogen-bond donors (Lipinski definition) is 2. The highest BCUT2D eigenvalue weighted by Gasteiger charge is 2.14. The van der Waals surface area contributed by atoms with Crippen LogP contribution in [0.4, 0.5) is 5.69 Å². The van der Waals surface area contributed by atoms with Gasteiger partial charge in [0.25, 0.3) is 0 Å². The van der Waals surface area contributed by atoms with E-state index >= 15 is 0 Å². The molecule has 3 heterocycles. The first-order chi connectivity index (χ1) is 5.95. The minimum Gasteiger partial charge on any atom is -0.383 e. The Labute approximate surface area is 69.0 Å². The molecule has 2 aromatic rings. The van der Waals surface area contributed by atoms with Crippen LogP contribution in [0.15, 0.2) is 12.5 Å². The second kappa shape index (κ2) is 1.97. The summed E-state index contributed by atoms with van der Waals surface area (Å²) in [6.07, 6.45) is 4.65. The Bertz CT molecular complexity index is 432. The van der Waals surface area contributed by atoms with Crippen LogP contribution in [0.5, 0.6) is 0 Å². The maximum Gasteiger partial charge on any atom is 0.179 e. The van der Waals surface area contributed by atoms with Crippen LogP contribution in [-0.2, 0) is 6.42 Å². The highest BCUT2D eigenvalue weighted by atomic mass is 15.0. The van der Waals surface area contributed by atoms with Crippen molar-refractivity contribution >= 4 is 16.9 Å². The third-order valence-corrected chi connectivity index (χ3v) is 2.23. The lowest BCUT2D eigenvalue weighted by Crippen LogP contribution is -1.91. The fourth-order valence-electron chi connectivity index (χ4n) is 1.65. The molecule has 0 radical (unpaired) electrons. The Morgan fingerprint density at radius 1 is 1.33 bits per heavy atom. The molecule has 1 aliphatic heterocycles. The van der Waals surface area contributed by atoms with Crippen molar-refractivity contribution in [2.75, 3.05) is 11.9 Å². The standard InChI is InChI=1S/C8H8N4/c1-2-9-6-5(1)3-10-8-7(6)11-4-12-8/h3-4,9H,1-2H2,(H,10,11,12). The Kier molecular flexibility index (Phi) is 0.983. The number of pyridine rings is 1. The topological polar surface area (TPSA) is 53.6 Å². The van der Waals surface area contributed by atoms with Crippen LogP contribution >= 0.6 is 0 Å². The van der Waals surface area contributed by atoms with Crippen molar-refractivity contribution < 1.29 is 0 Å². The van der Waals surface area contributed by atoms with Crippen molar-refractivity contribution in [3.63, 3.8) is 0 Å². The monoisotopic (exact) mass is 160 g/mol. The summed E-state index contributed by atoms with van der Waals surface area (Å²) in [5.74, 6) is 0. The molecule has 0 saturated heterocycles. The number of imidazole rings is 1. The first-order valence-corrected chi connectivity index (χ1v) is 4.00. The Morgan fingerprint density at radius 2 is 2.33 bits per heavy atom. The molecule has 2 aromatic heterocycles. The molecule has 2 N–H and O–H groups in total. The summed E-state index contributed by atoms with van der Waals surface area (Å²) >= 11 is 0. The summed E-state index contributed by atoms with van der Waals surface area (Å²) in [4.78, 5) is 11.4. The molecule has 3 rings (SSSR count). The van der Waals surface area contributed by atoms with E-state index in [9.17, 15) is 0 Å². The van der Waals surface area contributed by atoms with E-state index in [1.54, 1.807) is 6.33 Å². The van der Waals surface area contributed by atoms with Gasteiger partial charge in [0.15, 0.2) is 5.65 Å². The Morgan fingerprint density at radius 3 is 3.33 bits per heavy atom. The first-order valence-electron chi connectivity index (χ1n) is 4.00. The fraction of sp³-hybridized carbons (Fsp3) is 0.250. The highest BCUT2D eigenvalue weighted by molar-refractivity contribution is 5.88. The molecule has 0 spiro atoms. The predicted octanol–water partition coefficient (Wildman–Crippen LogP) is 0.926. The summed E-state index contributed by atoms with van der Waals surface area (Å²) in [6, 6.07) is 0. The molecule has 4 nitrogen and oxygen atoms in total. The van der Waals surface area contributed by atoms with Crippen LogP contribution in [0.3, 0.4) is 0 Å². The zero-order valence-electron chi connectivity index (χ0n) is 6.46. The van der Waals surface area contributed by atoms with Gasteiger partial charge in [0.1, 0.15) is 5.52 Å². The van der Waals surface area contributed by atoms with E-state index in [2.05, 4.69) is 20.3 Å². The number of nitrogens with zero attached hydrogens (tertiary/aromatic N) is 2. The molecule has 0 atom stereocenters. The molecular weight excluding hydrogens is 152 g/mol. The van der Waals surface area contributed by atoms with Gasteiger partial charge in [-0.2, -0.15) is 0 Å². The van der Waals surface area contributed by atoms with Gasteiger partial charge in [0.05, 0.1) is 12.0 Å². The molecule has 0 bridgehead atoms. The van der Waals surface area contributed by atoms with Crippen LogP contribution in [-0.4, -0.2) is 21.5 Å². The second-order valence-corrected chi connectivity index (χ2v) is 2.94. The lowest BCUT2D eigenvalue weighted by molar-refractivity contribution is 1.09. The average molecular weight is 160 g/mol. The van der Waals surface area contributed by atoms with Crippen LogP contribution in [0.25, 0.3) is 11.2 Å². The summed E-state index contributed by atoms with van der Waals surface area (Å²) < 4.78 is 0. The number of nitrogens with one attached hydrogen (secondary N) is 2. The normalized spacial score (nSPS) is 14.7. The molecule has 0 aliphatic carbocycles. The lowest BCUT2D eigenvalue weighted by atomic mass is 10.2. The third kappa shape index (κ3) is 0.617. The van der Waals surface area contributed by atoms with Crippen molar-refractivity contribution in [2.45, 2.75) is 6.42 Å². The van der Waals surface area contributed by atoms with Gasteiger partial charge in [-0.3, -0.25) is 0 Å². The molecule has 12 heavy (non-hydrogen) atoms. The van der Waals surface area contributed by atoms with Gasteiger partial charge in [0.2, 0.25) is 0 Å². The predicted molar refractivity (Wildman–Crippen MR) is 46.1 cm³/mol. The molecule has 1 aliphatic rings. The molecule has 60 valence electrons. The number of fused-ring (bicyclic) bond motifs is 3. The Balaban J connectivity index is 2.46. The van der Waals surface area contributed by atoms with E-state index in [1.165, 1.54) is 11.3 Å². The van der Waals surface area contributed by atoms with E-state index in [4.69, 9.17) is 0 Å². The molecule has 0 aromatic carbocycles. The third-order valence-electron chi connectivity index (χ3n) is 2.23. The number of hydrogen-bond acceptors (Lipinski definition) is 3. The van der Waals surface area contributed by atoms with Gasteiger partial charge < -0.3 is 10.3 Å². The van der Waals surface area contributed by atoms with Gasteiger partial charge in [0, 0.05) is 12.7 Å². The zero-order valence-corrected chi connectivity index (χ0v) is 6.46. The molecule has 0 fully saturated rings. The average Bonchev–Trinajstić information content (AvgIpc) is 2.71. The number of rotatable bonds is 0. The lowest BCUT2D eigenvalue weighted by Gasteiger charge is -1.98. The van der Waals surface area contributed by atoms with Gasteiger partial charge in [-0.05, 0) is 12.0 Å². The van der Waals surface area contributed by atoms with Crippen molar-refractivity contribution in [1.29, 1.82) is 0 Å². The number of H-pyrrole nitrogens is 1. The quantitative estimate of drug-likeness (QED) is 0.602. The van der Waals surface area contributed by atoms with Crippen molar-refractivity contribution in [3.05, 3.63) is 18.1 Å². The van der Waals surface area contributed by atoms with Crippen LogP contribution in [0.1, 0.15) is 5.56 Å². The van der Waals surface area contributed by atoms with E-state index in [0.29, 0.717) is 0 Å². The highest BCUT2D eigenvalue weighted by Crippen LogP contribution is 2.27. The molecule has 0 unspecified atom stereocenters. The number of aromatic amines is 1. The first kappa shape index (κ1) is 5.99. The van der Waals surface area contributed by atoms with Crippen LogP contribution in [0.2, 0.25) is 0 Å². The van der Waals surface area contributed by atoms with Gasteiger partial charge in [-0.15, -0.1) is 0 Å². The maximum absolute atomic E-state index is 4.23. The van der Waals surface area contributed by atoms with E-state index in [1.807, 2.05) is 6.20 Å². The van der Waals surface area contributed by atoms with Gasteiger partial charge >= 0.3 is 0 Å². The fourth-order valence-corrected chi connectivity index (χ4v) is 1.65. The summed E-state index contributed by atoms with van der Waals surface area (Å²) in [5.41, 5.74) is 4.29. The molecule has 0 saturated carbocycles. The molecular formula is C8H8N4. The number of aromatic nitrogens is 3. The zero-order chi connectivity index (χ0) is 7.97. The SMILES string of the molecule is c1nc2ncc3c(c2[nH]1)NCC3. The number of anilines is 1. The minimum absolute atomic E-state index is 0.795. The van der Waals surface area contributed by atoms with Crippen LogP contribution in [0, 0.1) is 0 Å². The summed E-state index contributed by atoms with van der Waals surface area (Å²) in [7, 11) is 0. The van der Waals surface area contributed by atoms with E-state index in [-0.39, 0.29) is 0 Å². The second-order valence-electron chi connectivity index (χ2n) is 2.94. The maximum atomic E-state index is 4.23. The van der Waals surface area contributed by atoms with Crippen molar-refractivity contribution in [1.82, 2.24) is 15.0 Å². The summed E-state index contributed by atoms with van der Waals surface area (Å²) in [5, 5.41) is 3.32. The summed E-state index contributed by atoms with van der Waals surface area (Å²) in [6.45, 7) is 1.01. The van der Waals surface area contributed by atoms with E-state index < -0.39 is 0 Å². The van der Waals surface area contributed by atoms with Crippen molar-refractivity contribution in [2.24, 2.45) is 0 Å².